The molecule has 0 radical (unpaired) electrons. The molecule has 0 atom stereocenters. The largest absolute Gasteiger partial charge is 0.385 e. The molecular weight excluding hydrogens is 348 g/mol. The summed E-state index contributed by atoms with van der Waals surface area (Å²) in [6.07, 6.45) is 3.67. The van der Waals surface area contributed by atoms with E-state index in [1.807, 2.05) is 23.1 Å². The zero-order chi connectivity index (χ0) is 17.4. The van der Waals surface area contributed by atoms with Gasteiger partial charge in [0.1, 0.15) is 10.7 Å². The molecule has 1 N–H and O–H groups in total. The van der Waals surface area contributed by atoms with Gasteiger partial charge in [0.25, 0.3) is 0 Å². The summed E-state index contributed by atoms with van der Waals surface area (Å²) in [5.74, 6) is 0.446. The summed E-state index contributed by atoms with van der Waals surface area (Å²) in [7, 11) is -3.36. The number of pyridine rings is 1. The van der Waals surface area contributed by atoms with Crippen LogP contribution in [0.15, 0.2) is 47.5 Å². The second kappa shape index (κ2) is 6.35. The molecule has 2 heterocycles. The van der Waals surface area contributed by atoms with Gasteiger partial charge in [-0.3, -0.25) is 0 Å². The van der Waals surface area contributed by atoms with Crippen molar-refractivity contribution in [1.82, 2.24) is 4.98 Å². The summed E-state index contributed by atoms with van der Waals surface area (Å²) in [5.41, 5.74) is -0.287. The van der Waals surface area contributed by atoms with Crippen LogP contribution in [0.5, 0.6) is 0 Å². The molecule has 1 aliphatic heterocycles. The van der Waals surface area contributed by atoms with Gasteiger partial charge in [0.15, 0.2) is 9.84 Å². The van der Waals surface area contributed by atoms with Crippen molar-refractivity contribution in [1.29, 1.82) is 0 Å². The standard InChI is InChI=1S/C17H19ClN2O3S/c1-24(22,23)15-7-4-10-19-16(15)20-11-8-17(21,9-12-20)13-5-2-3-6-14(13)18/h2-7,10,21H,8-9,11-12H2,1H3. The lowest BCUT2D eigenvalue weighted by Crippen LogP contribution is -2.43. The average molecular weight is 367 g/mol. The summed E-state index contributed by atoms with van der Waals surface area (Å²) < 4.78 is 23.9. The number of halogens is 1. The molecule has 0 bridgehead atoms. The summed E-state index contributed by atoms with van der Waals surface area (Å²) in [5, 5.41) is 11.5. The Morgan fingerprint density at radius 3 is 2.46 bits per heavy atom. The Bertz CT molecular complexity index is 846. The molecule has 24 heavy (non-hydrogen) atoms. The molecule has 2 aromatic rings. The molecule has 1 saturated heterocycles. The number of nitrogens with zero attached hydrogens (tertiary/aromatic N) is 2. The molecule has 0 saturated carbocycles. The Labute approximate surface area is 146 Å². The van der Waals surface area contributed by atoms with E-state index in [2.05, 4.69) is 4.98 Å². The highest BCUT2D eigenvalue weighted by molar-refractivity contribution is 7.90. The van der Waals surface area contributed by atoms with Gasteiger partial charge in [0.05, 0.1) is 5.60 Å². The Hall–Kier alpha value is -1.63. The number of hydrogen-bond donors (Lipinski definition) is 1. The fraction of sp³-hybridized carbons (Fsp3) is 0.353. The van der Waals surface area contributed by atoms with E-state index < -0.39 is 15.4 Å². The Morgan fingerprint density at radius 1 is 1.17 bits per heavy atom. The van der Waals surface area contributed by atoms with Crippen LogP contribution in [0, 0.1) is 0 Å². The summed E-state index contributed by atoms with van der Waals surface area (Å²) in [6, 6.07) is 10.5. The molecule has 7 heteroatoms. The van der Waals surface area contributed by atoms with E-state index >= 15 is 0 Å². The monoisotopic (exact) mass is 366 g/mol. The Balaban J connectivity index is 1.85. The zero-order valence-electron chi connectivity index (χ0n) is 13.3. The van der Waals surface area contributed by atoms with Crippen LogP contribution in [0.2, 0.25) is 5.02 Å². The van der Waals surface area contributed by atoms with Crippen LogP contribution >= 0.6 is 11.6 Å². The number of hydrogen-bond acceptors (Lipinski definition) is 5. The minimum Gasteiger partial charge on any atom is -0.385 e. The molecule has 0 spiro atoms. The highest BCUT2D eigenvalue weighted by Crippen LogP contribution is 2.38. The second-order valence-corrected chi connectivity index (χ2v) is 8.49. The number of benzene rings is 1. The fourth-order valence-corrected chi connectivity index (χ4v) is 4.26. The molecule has 1 fully saturated rings. The molecule has 1 aromatic carbocycles. The summed E-state index contributed by atoms with van der Waals surface area (Å²) in [6.45, 7) is 1.00. The Morgan fingerprint density at radius 2 is 1.83 bits per heavy atom. The molecule has 1 aliphatic rings. The number of anilines is 1. The van der Waals surface area contributed by atoms with Gasteiger partial charge >= 0.3 is 0 Å². The Kier molecular flexibility index (Phi) is 4.55. The first-order valence-corrected chi connectivity index (χ1v) is 9.96. The number of aromatic nitrogens is 1. The third kappa shape index (κ3) is 3.27. The van der Waals surface area contributed by atoms with Crippen LogP contribution in [-0.4, -0.2) is 37.9 Å². The molecular formula is C17H19ClN2O3S. The minimum absolute atomic E-state index is 0.216. The van der Waals surface area contributed by atoms with Crippen LogP contribution in [0.1, 0.15) is 18.4 Å². The normalized spacial score (nSPS) is 17.7. The summed E-state index contributed by atoms with van der Waals surface area (Å²) >= 11 is 6.22. The van der Waals surface area contributed by atoms with Gasteiger partial charge in [-0.1, -0.05) is 29.8 Å². The predicted octanol–water partition coefficient (Wildman–Crippen LogP) is 2.63. The highest BCUT2D eigenvalue weighted by atomic mass is 35.5. The van der Waals surface area contributed by atoms with Gasteiger partial charge in [-0.2, -0.15) is 0 Å². The number of piperidine rings is 1. The van der Waals surface area contributed by atoms with E-state index in [9.17, 15) is 13.5 Å². The van der Waals surface area contributed by atoms with E-state index in [4.69, 9.17) is 11.6 Å². The maximum Gasteiger partial charge on any atom is 0.179 e. The maximum atomic E-state index is 12.0. The van der Waals surface area contributed by atoms with Crippen molar-refractivity contribution in [2.24, 2.45) is 0 Å². The topological polar surface area (TPSA) is 70.5 Å². The SMILES string of the molecule is CS(=O)(=O)c1cccnc1N1CCC(O)(c2ccccc2Cl)CC1. The first-order valence-electron chi connectivity index (χ1n) is 7.69. The lowest BCUT2D eigenvalue weighted by molar-refractivity contribution is 0.0117. The number of rotatable bonds is 3. The van der Waals surface area contributed by atoms with Gasteiger partial charge in [0.2, 0.25) is 0 Å². The van der Waals surface area contributed by atoms with Gasteiger partial charge in [-0.15, -0.1) is 0 Å². The molecule has 0 unspecified atom stereocenters. The van der Waals surface area contributed by atoms with Crippen LogP contribution < -0.4 is 4.90 Å². The smallest absolute Gasteiger partial charge is 0.179 e. The van der Waals surface area contributed by atoms with Gasteiger partial charge < -0.3 is 10.0 Å². The molecule has 3 rings (SSSR count). The van der Waals surface area contributed by atoms with Crippen LogP contribution in [0.4, 0.5) is 5.82 Å². The number of aliphatic hydroxyl groups is 1. The van der Waals surface area contributed by atoms with Crippen LogP contribution in [-0.2, 0) is 15.4 Å². The highest BCUT2D eigenvalue weighted by Gasteiger charge is 2.36. The first-order chi connectivity index (χ1) is 11.3. The van der Waals surface area contributed by atoms with E-state index in [0.717, 1.165) is 5.56 Å². The van der Waals surface area contributed by atoms with Gasteiger partial charge in [-0.05, 0) is 31.0 Å². The van der Waals surface area contributed by atoms with Crippen LogP contribution in [0.3, 0.4) is 0 Å². The van der Waals surface area contributed by atoms with E-state index in [0.29, 0.717) is 36.8 Å². The second-order valence-electron chi connectivity index (χ2n) is 6.10. The van der Waals surface area contributed by atoms with E-state index in [-0.39, 0.29) is 4.90 Å². The van der Waals surface area contributed by atoms with Crippen molar-refractivity contribution >= 4 is 27.3 Å². The molecule has 128 valence electrons. The number of sulfone groups is 1. The molecule has 5 nitrogen and oxygen atoms in total. The van der Waals surface area contributed by atoms with Crippen molar-refractivity contribution in [3.8, 4) is 0 Å². The van der Waals surface area contributed by atoms with Crippen molar-refractivity contribution < 1.29 is 13.5 Å². The van der Waals surface area contributed by atoms with Crippen molar-refractivity contribution in [2.45, 2.75) is 23.3 Å². The van der Waals surface area contributed by atoms with Gasteiger partial charge in [0, 0.05) is 36.1 Å². The van der Waals surface area contributed by atoms with Crippen molar-refractivity contribution in [2.75, 3.05) is 24.2 Å². The van der Waals surface area contributed by atoms with Crippen molar-refractivity contribution in [3.05, 3.63) is 53.2 Å². The quantitative estimate of drug-likeness (QED) is 0.904. The fourth-order valence-electron chi connectivity index (χ4n) is 3.11. The van der Waals surface area contributed by atoms with E-state index in [1.165, 1.54) is 6.26 Å². The molecule has 0 aliphatic carbocycles. The lowest BCUT2D eigenvalue weighted by Gasteiger charge is -2.39. The average Bonchev–Trinajstić information content (AvgIpc) is 2.55. The zero-order valence-corrected chi connectivity index (χ0v) is 14.9. The third-order valence-corrected chi connectivity index (χ3v) is 5.86. The predicted molar refractivity (Wildman–Crippen MR) is 94.1 cm³/mol. The molecule has 1 aromatic heterocycles. The van der Waals surface area contributed by atoms with Crippen molar-refractivity contribution in [3.63, 3.8) is 0 Å². The summed E-state index contributed by atoms with van der Waals surface area (Å²) in [4.78, 5) is 6.37. The third-order valence-electron chi connectivity index (χ3n) is 4.42. The first kappa shape index (κ1) is 17.2. The van der Waals surface area contributed by atoms with E-state index in [1.54, 1.807) is 24.4 Å². The lowest BCUT2D eigenvalue weighted by atomic mass is 9.84. The van der Waals surface area contributed by atoms with Gasteiger partial charge in [-0.25, -0.2) is 13.4 Å². The molecule has 0 amide bonds. The maximum absolute atomic E-state index is 12.0. The minimum atomic E-state index is -3.36. The van der Waals surface area contributed by atoms with Crippen LogP contribution in [0.25, 0.3) is 0 Å².